The average Bonchev–Trinajstić information content (AvgIpc) is 3.90. The van der Waals surface area contributed by atoms with Crippen LogP contribution >= 0.6 is 0 Å². The molecule has 0 atom stereocenters. The minimum Gasteiger partial charge on any atom is -0.456 e. The van der Waals surface area contributed by atoms with Crippen molar-refractivity contribution in [2.24, 2.45) is 0 Å². The van der Waals surface area contributed by atoms with Crippen molar-refractivity contribution in [2.75, 3.05) is 0 Å². The van der Waals surface area contributed by atoms with E-state index in [-0.39, 0.29) is 5.41 Å². The quantitative estimate of drug-likeness (QED) is 0.182. The highest BCUT2D eigenvalue weighted by Crippen LogP contribution is 2.63. The molecule has 260 valence electrons. The number of furan rings is 1. The summed E-state index contributed by atoms with van der Waals surface area (Å²) < 4.78 is 6.46. The third kappa shape index (κ3) is 4.40. The highest BCUT2D eigenvalue weighted by Gasteiger charge is 2.51. The Balaban J connectivity index is 1.02. The van der Waals surface area contributed by atoms with Crippen molar-refractivity contribution in [1.29, 1.82) is 0 Å². The number of fused-ring (bicyclic) bond motifs is 13. The molecule has 0 aliphatic heterocycles. The Kier molecular flexibility index (Phi) is 6.55. The number of benzene rings is 8. The molecule has 12 rings (SSSR count). The van der Waals surface area contributed by atoms with Gasteiger partial charge in [-0.15, -0.1) is 0 Å². The van der Waals surface area contributed by atoms with Crippen LogP contribution in [0.3, 0.4) is 0 Å². The zero-order valence-corrected chi connectivity index (χ0v) is 30.3. The first-order valence-corrected chi connectivity index (χ1v) is 19.1. The Morgan fingerprint density at radius 1 is 0.321 bits per heavy atom. The van der Waals surface area contributed by atoms with E-state index in [1.54, 1.807) is 0 Å². The van der Waals surface area contributed by atoms with Crippen molar-refractivity contribution in [3.8, 4) is 67.3 Å². The van der Waals surface area contributed by atoms with Gasteiger partial charge >= 0.3 is 0 Å². The predicted octanol–water partition coefficient (Wildman–Crippen LogP) is 13.4. The fraction of sp³-hybridized carbons (Fsp3) is 0.0189. The molecule has 2 heterocycles. The van der Waals surface area contributed by atoms with Crippen LogP contribution < -0.4 is 0 Å². The molecule has 0 bridgehead atoms. The maximum absolute atomic E-state index is 6.46. The van der Waals surface area contributed by atoms with Crippen LogP contribution in [0.2, 0.25) is 0 Å². The molecule has 0 N–H and O–H groups in total. The van der Waals surface area contributed by atoms with Crippen LogP contribution in [0.25, 0.3) is 89.2 Å². The fourth-order valence-electron chi connectivity index (χ4n) is 9.46. The van der Waals surface area contributed by atoms with E-state index in [2.05, 4.69) is 158 Å². The average molecular weight is 713 g/mol. The number of hydrogen-bond acceptors (Lipinski definition) is 3. The molecule has 2 aliphatic rings. The highest BCUT2D eigenvalue weighted by molar-refractivity contribution is 6.08. The summed E-state index contributed by atoms with van der Waals surface area (Å²) in [5.41, 5.74) is 19.1. The van der Waals surface area contributed by atoms with E-state index in [1.165, 1.54) is 50.1 Å². The van der Waals surface area contributed by atoms with Gasteiger partial charge in [0.2, 0.25) is 0 Å². The highest BCUT2D eigenvalue weighted by atomic mass is 16.3. The lowest BCUT2D eigenvalue weighted by molar-refractivity contribution is 0.669. The van der Waals surface area contributed by atoms with Crippen molar-refractivity contribution in [2.45, 2.75) is 5.41 Å². The third-order valence-electron chi connectivity index (χ3n) is 11.9. The molecule has 3 heteroatoms. The van der Waals surface area contributed by atoms with Crippen LogP contribution in [0.1, 0.15) is 22.3 Å². The molecule has 8 aromatic carbocycles. The molecule has 0 saturated heterocycles. The summed E-state index contributed by atoms with van der Waals surface area (Å²) in [4.78, 5) is 10.1. The van der Waals surface area contributed by atoms with Crippen LogP contribution in [-0.2, 0) is 5.41 Å². The number of nitrogens with zero attached hydrogens (tertiary/aromatic N) is 2. The fourth-order valence-corrected chi connectivity index (χ4v) is 9.46. The summed E-state index contributed by atoms with van der Waals surface area (Å²) in [6.45, 7) is 0. The summed E-state index contributed by atoms with van der Waals surface area (Å²) in [6.07, 6.45) is 0. The zero-order valence-electron chi connectivity index (χ0n) is 30.3. The van der Waals surface area contributed by atoms with Gasteiger partial charge in [0, 0.05) is 27.5 Å². The van der Waals surface area contributed by atoms with Crippen LogP contribution in [0.4, 0.5) is 0 Å². The number of rotatable bonds is 4. The molecular formula is C53H32N2O. The summed E-state index contributed by atoms with van der Waals surface area (Å²) in [6, 6.07) is 69.6. The second-order valence-electron chi connectivity index (χ2n) is 14.9. The molecule has 10 aromatic rings. The summed E-state index contributed by atoms with van der Waals surface area (Å²) >= 11 is 0. The molecule has 0 unspecified atom stereocenters. The largest absolute Gasteiger partial charge is 0.456 e. The minimum absolute atomic E-state index is 0.384. The second kappa shape index (κ2) is 11.8. The molecular weight excluding hydrogens is 681 g/mol. The van der Waals surface area contributed by atoms with Gasteiger partial charge in [-0.1, -0.05) is 152 Å². The first-order valence-electron chi connectivity index (χ1n) is 19.1. The Bertz CT molecular complexity index is 3080. The Morgan fingerprint density at radius 3 is 1.38 bits per heavy atom. The molecule has 0 amide bonds. The monoisotopic (exact) mass is 712 g/mol. The van der Waals surface area contributed by atoms with Gasteiger partial charge in [0.1, 0.15) is 11.2 Å². The number of hydrogen-bond donors (Lipinski definition) is 0. The lowest BCUT2D eigenvalue weighted by Crippen LogP contribution is -2.25. The molecule has 2 aromatic heterocycles. The Labute approximate surface area is 324 Å². The zero-order chi connectivity index (χ0) is 36.8. The first kappa shape index (κ1) is 31.0. The van der Waals surface area contributed by atoms with E-state index in [0.29, 0.717) is 5.82 Å². The van der Waals surface area contributed by atoms with E-state index >= 15 is 0 Å². The molecule has 56 heavy (non-hydrogen) atoms. The van der Waals surface area contributed by atoms with Crippen molar-refractivity contribution < 1.29 is 4.42 Å². The van der Waals surface area contributed by atoms with E-state index in [9.17, 15) is 0 Å². The van der Waals surface area contributed by atoms with E-state index in [4.69, 9.17) is 14.4 Å². The SMILES string of the molecule is c1ccc(-c2cc(-c3ccc4oc5ccc(-c6ccc7c(c6)C6(c8ccccc8-c8ccccc86)c6ccccc6-7)cc5c4c3)nc(-c3ccccc3)n2)cc1. The van der Waals surface area contributed by atoms with E-state index in [1.807, 2.05) is 36.4 Å². The van der Waals surface area contributed by atoms with Crippen molar-refractivity contribution in [1.82, 2.24) is 9.97 Å². The van der Waals surface area contributed by atoms with E-state index in [0.717, 1.165) is 55.6 Å². The Hall–Kier alpha value is -7.36. The van der Waals surface area contributed by atoms with Gasteiger partial charge in [0.25, 0.3) is 0 Å². The van der Waals surface area contributed by atoms with Crippen LogP contribution in [0.15, 0.2) is 199 Å². The number of aromatic nitrogens is 2. The lowest BCUT2D eigenvalue weighted by Gasteiger charge is -2.30. The van der Waals surface area contributed by atoms with Crippen LogP contribution in [-0.4, -0.2) is 9.97 Å². The molecule has 2 aliphatic carbocycles. The first-order chi connectivity index (χ1) is 27.7. The molecule has 0 fully saturated rings. The molecule has 0 radical (unpaired) electrons. The maximum Gasteiger partial charge on any atom is 0.160 e. The topological polar surface area (TPSA) is 38.9 Å². The normalized spacial score (nSPS) is 13.1. The lowest BCUT2D eigenvalue weighted by atomic mass is 9.70. The molecule has 1 spiro atoms. The summed E-state index contributed by atoms with van der Waals surface area (Å²) in [5.74, 6) is 0.699. The maximum atomic E-state index is 6.46. The van der Waals surface area contributed by atoms with Crippen molar-refractivity contribution >= 4 is 21.9 Å². The van der Waals surface area contributed by atoms with Gasteiger partial charge in [-0.05, 0) is 98.1 Å². The van der Waals surface area contributed by atoms with Gasteiger partial charge in [-0.2, -0.15) is 0 Å². The van der Waals surface area contributed by atoms with Crippen molar-refractivity contribution in [3.63, 3.8) is 0 Å². The van der Waals surface area contributed by atoms with E-state index < -0.39 is 0 Å². The van der Waals surface area contributed by atoms with Gasteiger partial charge in [-0.25, -0.2) is 9.97 Å². The van der Waals surface area contributed by atoms with Crippen molar-refractivity contribution in [3.05, 3.63) is 216 Å². The van der Waals surface area contributed by atoms with Crippen LogP contribution in [0.5, 0.6) is 0 Å². The van der Waals surface area contributed by atoms with Crippen LogP contribution in [0, 0.1) is 0 Å². The van der Waals surface area contributed by atoms with Gasteiger partial charge < -0.3 is 4.42 Å². The molecule has 0 saturated carbocycles. The summed E-state index contributed by atoms with van der Waals surface area (Å²) in [7, 11) is 0. The minimum atomic E-state index is -0.384. The van der Waals surface area contributed by atoms with Gasteiger partial charge in [-0.3, -0.25) is 0 Å². The third-order valence-corrected chi connectivity index (χ3v) is 11.9. The Morgan fingerprint density at radius 2 is 0.768 bits per heavy atom. The molecule has 3 nitrogen and oxygen atoms in total. The summed E-state index contributed by atoms with van der Waals surface area (Å²) in [5, 5.41) is 2.14. The predicted molar refractivity (Wildman–Crippen MR) is 227 cm³/mol. The second-order valence-corrected chi connectivity index (χ2v) is 14.9. The smallest absolute Gasteiger partial charge is 0.160 e. The van der Waals surface area contributed by atoms with Gasteiger partial charge in [0.15, 0.2) is 5.82 Å². The van der Waals surface area contributed by atoms with Gasteiger partial charge in [0.05, 0.1) is 16.8 Å². The standard InChI is InChI=1S/C53H32N2O/c1-3-13-33(14-4-1)48-32-49(55-52(54-48)34-15-5-2-6-16-34)37-25-28-51-43(30-37)42-29-35(24-27-50(42)56-51)36-23-26-41-40-19-9-12-22-46(40)53(47(41)31-36)44-20-10-7-17-38(44)39-18-8-11-21-45(39)53/h1-32H.